The first kappa shape index (κ1) is 16.8. The molecule has 0 aliphatic carbocycles. The Kier molecular flexibility index (Phi) is 4.60. The van der Waals surface area contributed by atoms with Gasteiger partial charge in [0.05, 0.1) is 27.4 Å². The fourth-order valence-electron chi connectivity index (χ4n) is 1.87. The number of alkyl halides is 3. The first-order valence-electron chi connectivity index (χ1n) is 6.20. The van der Waals surface area contributed by atoms with Gasteiger partial charge in [0, 0.05) is 0 Å². The van der Waals surface area contributed by atoms with Crippen LogP contribution in [0.3, 0.4) is 0 Å². The van der Waals surface area contributed by atoms with E-state index in [0.717, 1.165) is 18.2 Å². The van der Waals surface area contributed by atoms with Gasteiger partial charge >= 0.3 is 12.1 Å². The number of amides is 1. The van der Waals surface area contributed by atoms with Gasteiger partial charge < -0.3 is 10.4 Å². The van der Waals surface area contributed by atoms with Crippen molar-refractivity contribution in [1.29, 1.82) is 0 Å². The van der Waals surface area contributed by atoms with Crippen LogP contribution in [0, 0.1) is 0 Å². The number of nitrogens with one attached hydrogen (secondary N) is 1. The van der Waals surface area contributed by atoms with E-state index >= 15 is 0 Å². The van der Waals surface area contributed by atoms with Crippen LogP contribution in [0.4, 0.5) is 18.9 Å². The highest BCUT2D eigenvalue weighted by atomic mass is 35.5. The van der Waals surface area contributed by atoms with E-state index in [9.17, 15) is 22.8 Å². The number of carbonyl (C=O) groups excluding carboxylic acids is 1. The van der Waals surface area contributed by atoms with Crippen LogP contribution < -0.4 is 5.32 Å². The van der Waals surface area contributed by atoms with Crippen molar-refractivity contribution in [2.24, 2.45) is 0 Å². The average Bonchev–Trinajstić information content (AvgIpc) is 2.48. The normalized spacial score (nSPS) is 11.1. The van der Waals surface area contributed by atoms with E-state index in [1.54, 1.807) is 0 Å². The standard InChI is InChI=1S/C15H9ClF3NO3/c16-11-7-8(14(22)23)5-6-12(11)20-13(21)9-3-1-2-4-10(9)15(17,18)19/h1-7H,(H,20,21)(H,22,23). The second-order valence-corrected chi connectivity index (χ2v) is 4.90. The van der Waals surface area contributed by atoms with Crippen molar-refractivity contribution in [2.75, 3.05) is 5.32 Å². The molecule has 0 saturated heterocycles. The van der Waals surface area contributed by atoms with Crippen LogP contribution >= 0.6 is 11.6 Å². The molecule has 23 heavy (non-hydrogen) atoms. The molecule has 0 fully saturated rings. The molecule has 2 aromatic rings. The molecule has 0 bridgehead atoms. The van der Waals surface area contributed by atoms with Crippen molar-refractivity contribution in [1.82, 2.24) is 0 Å². The van der Waals surface area contributed by atoms with E-state index in [-0.39, 0.29) is 16.3 Å². The number of anilines is 1. The molecule has 0 aliphatic rings. The van der Waals surface area contributed by atoms with Crippen molar-refractivity contribution in [3.05, 3.63) is 64.2 Å². The van der Waals surface area contributed by atoms with Gasteiger partial charge in [-0.15, -0.1) is 0 Å². The maximum absolute atomic E-state index is 12.9. The number of hydrogen-bond acceptors (Lipinski definition) is 2. The third-order valence-corrected chi connectivity index (χ3v) is 3.25. The zero-order valence-corrected chi connectivity index (χ0v) is 12.1. The summed E-state index contributed by atoms with van der Waals surface area (Å²) in [5.41, 5.74) is -1.73. The summed E-state index contributed by atoms with van der Waals surface area (Å²) in [7, 11) is 0. The molecule has 120 valence electrons. The van der Waals surface area contributed by atoms with Crippen LogP contribution in [0.25, 0.3) is 0 Å². The van der Waals surface area contributed by atoms with Gasteiger partial charge in [-0.2, -0.15) is 13.2 Å². The van der Waals surface area contributed by atoms with Crippen LogP contribution in [0.1, 0.15) is 26.3 Å². The van der Waals surface area contributed by atoms with Crippen molar-refractivity contribution >= 4 is 29.2 Å². The van der Waals surface area contributed by atoms with Gasteiger partial charge in [0.25, 0.3) is 5.91 Å². The van der Waals surface area contributed by atoms with Gasteiger partial charge in [0.2, 0.25) is 0 Å². The van der Waals surface area contributed by atoms with Crippen molar-refractivity contribution < 1.29 is 27.9 Å². The van der Waals surface area contributed by atoms with Gasteiger partial charge in [-0.25, -0.2) is 4.79 Å². The molecule has 0 unspecified atom stereocenters. The molecule has 2 aromatic carbocycles. The lowest BCUT2D eigenvalue weighted by Crippen LogP contribution is -2.18. The smallest absolute Gasteiger partial charge is 0.417 e. The summed E-state index contributed by atoms with van der Waals surface area (Å²) in [6.07, 6.45) is -4.68. The lowest BCUT2D eigenvalue weighted by molar-refractivity contribution is -0.137. The monoisotopic (exact) mass is 343 g/mol. The lowest BCUT2D eigenvalue weighted by Gasteiger charge is -2.13. The molecular weight excluding hydrogens is 335 g/mol. The summed E-state index contributed by atoms with van der Waals surface area (Å²) < 4.78 is 38.7. The first-order valence-corrected chi connectivity index (χ1v) is 6.58. The number of benzene rings is 2. The molecule has 0 saturated carbocycles. The van der Waals surface area contributed by atoms with Crippen LogP contribution in [0.2, 0.25) is 5.02 Å². The molecule has 0 radical (unpaired) electrons. The highest BCUT2D eigenvalue weighted by Gasteiger charge is 2.34. The molecular formula is C15H9ClF3NO3. The molecule has 8 heteroatoms. The first-order chi connectivity index (χ1) is 10.7. The second-order valence-electron chi connectivity index (χ2n) is 4.50. The molecule has 2 N–H and O–H groups in total. The Balaban J connectivity index is 2.32. The zero-order chi connectivity index (χ0) is 17.2. The zero-order valence-electron chi connectivity index (χ0n) is 11.3. The van der Waals surface area contributed by atoms with E-state index in [4.69, 9.17) is 16.7 Å². The summed E-state index contributed by atoms with van der Waals surface area (Å²) in [4.78, 5) is 22.9. The predicted molar refractivity (Wildman–Crippen MR) is 77.8 cm³/mol. The SMILES string of the molecule is O=C(O)c1ccc(NC(=O)c2ccccc2C(F)(F)F)c(Cl)c1. The fraction of sp³-hybridized carbons (Fsp3) is 0.0667. The molecule has 0 aliphatic heterocycles. The van der Waals surface area contributed by atoms with Crippen LogP contribution in [0.5, 0.6) is 0 Å². The summed E-state index contributed by atoms with van der Waals surface area (Å²) >= 11 is 5.83. The Labute approximate surface area is 133 Å². The van der Waals surface area contributed by atoms with Crippen molar-refractivity contribution in [3.63, 3.8) is 0 Å². The van der Waals surface area contributed by atoms with Crippen molar-refractivity contribution in [2.45, 2.75) is 6.18 Å². The van der Waals surface area contributed by atoms with E-state index in [1.165, 1.54) is 24.3 Å². The van der Waals surface area contributed by atoms with Crippen molar-refractivity contribution in [3.8, 4) is 0 Å². The van der Waals surface area contributed by atoms with E-state index in [1.807, 2.05) is 0 Å². The van der Waals surface area contributed by atoms with Crippen LogP contribution in [0.15, 0.2) is 42.5 Å². The number of carboxylic acid groups (broad SMARTS) is 1. The van der Waals surface area contributed by atoms with Gasteiger partial charge in [-0.3, -0.25) is 4.79 Å². The number of carboxylic acids is 1. The molecule has 0 heterocycles. The topological polar surface area (TPSA) is 66.4 Å². The number of carbonyl (C=O) groups is 2. The van der Waals surface area contributed by atoms with E-state index < -0.39 is 29.2 Å². The average molecular weight is 344 g/mol. The molecule has 4 nitrogen and oxygen atoms in total. The largest absolute Gasteiger partial charge is 0.478 e. The lowest BCUT2D eigenvalue weighted by atomic mass is 10.1. The predicted octanol–water partition coefficient (Wildman–Crippen LogP) is 4.31. The minimum Gasteiger partial charge on any atom is -0.478 e. The molecule has 0 atom stereocenters. The van der Waals surface area contributed by atoms with Gasteiger partial charge in [0.1, 0.15) is 0 Å². The Morgan fingerprint density at radius 2 is 1.74 bits per heavy atom. The number of hydrogen-bond donors (Lipinski definition) is 2. The van der Waals surface area contributed by atoms with Crippen LogP contribution in [-0.4, -0.2) is 17.0 Å². The molecule has 0 aromatic heterocycles. The molecule has 2 rings (SSSR count). The van der Waals surface area contributed by atoms with E-state index in [0.29, 0.717) is 0 Å². The fourth-order valence-corrected chi connectivity index (χ4v) is 2.10. The van der Waals surface area contributed by atoms with E-state index in [2.05, 4.69) is 5.32 Å². The van der Waals surface area contributed by atoms with Gasteiger partial charge in [0.15, 0.2) is 0 Å². The Hall–Kier alpha value is -2.54. The number of rotatable bonds is 3. The molecule has 0 spiro atoms. The summed E-state index contributed by atoms with van der Waals surface area (Å²) in [6.45, 7) is 0. The van der Waals surface area contributed by atoms with Gasteiger partial charge in [-0.05, 0) is 30.3 Å². The minimum atomic E-state index is -4.68. The Morgan fingerprint density at radius 3 is 2.30 bits per heavy atom. The second kappa shape index (κ2) is 6.29. The van der Waals surface area contributed by atoms with Crippen LogP contribution in [-0.2, 0) is 6.18 Å². The third kappa shape index (κ3) is 3.81. The Morgan fingerprint density at radius 1 is 1.09 bits per heavy atom. The molecule has 1 amide bonds. The summed E-state index contributed by atoms with van der Waals surface area (Å²) in [5.74, 6) is -2.21. The maximum atomic E-state index is 12.9. The number of halogens is 4. The quantitative estimate of drug-likeness (QED) is 0.872. The number of aromatic carboxylic acids is 1. The summed E-state index contributed by atoms with van der Waals surface area (Å²) in [6, 6.07) is 7.80. The summed E-state index contributed by atoms with van der Waals surface area (Å²) in [5, 5.41) is 11.0. The Bertz CT molecular complexity index is 775. The third-order valence-electron chi connectivity index (χ3n) is 2.94. The minimum absolute atomic E-state index is 0.0126. The highest BCUT2D eigenvalue weighted by molar-refractivity contribution is 6.34. The highest BCUT2D eigenvalue weighted by Crippen LogP contribution is 2.32. The maximum Gasteiger partial charge on any atom is 0.417 e. The van der Waals surface area contributed by atoms with Gasteiger partial charge in [-0.1, -0.05) is 23.7 Å².